The number of carbonyl (C=O) groups excluding carboxylic acids is 9. The molecule has 0 spiro atoms. The summed E-state index contributed by atoms with van der Waals surface area (Å²) in [6, 6.07) is 10.7. The number of halogens is 1. The molecule has 1 aromatic heterocycles. The Hall–Kier alpha value is -7.70. The summed E-state index contributed by atoms with van der Waals surface area (Å²) in [5, 5.41) is 13.7. The number of aromatic nitrogens is 1. The van der Waals surface area contributed by atoms with Gasteiger partial charge in [0.25, 0.3) is 17.7 Å². The van der Waals surface area contributed by atoms with E-state index in [2.05, 4.69) is 59.2 Å². The van der Waals surface area contributed by atoms with E-state index in [1.54, 1.807) is 79.6 Å². The molecule has 0 saturated carbocycles. The summed E-state index contributed by atoms with van der Waals surface area (Å²) in [6.45, 7) is 7.69. The van der Waals surface area contributed by atoms with Gasteiger partial charge in [-0.3, -0.25) is 43.4 Å². The first-order valence-electron chi connectivity index (χ1n) is 25.7. The van der Waals surface area contributed by atoms with Gasteiger partial charge in [0.1, 0.15) is 24.5 Å². The van der Waals surface area contributed by atoms with Crippen LogP contribution in [0.4, 0.5) is 26.7 Å². The van der Waals surface area contributed by atoms with Crippen molar-refractivity contribution in [1.82, 2.24) is 35.6 Å². The van der Waals surface area contributed by atoms with Crippen LogP contribution in [-0.2, 0) is 53.1 Å². The molecule has 3 aliphatic rings. The number of anilines is 2. The van der Waals surface area contributed by atoms with Gasteiger partial charge in [0.2, 0.25) is 23.6 Å². The Balaban J connectivity index is 0.990. The minimum atomic E-state index is -1.06. The van der Waals surface area contributed by atoms with E-state index >= 15 is 0 Å². The molecule has 0 aliphatic carbocycles. The van der Waals surface area contributed by atoms with Crippen molar-refractivity contribution in [2.75, 3.05) is 47.8 Å². The number of imide groups is 1. The smallest absolute Gasteiger partial charge is 0.410 e. The summed E-state index contributed by atoms with van der Waals surface area (Å²) in [5.41, 5.74) is 16.5. The van der Waals surface area contributed by atoms with Gasteiger partial charge in [-0.25, -0.2) is 14.6 Å². The van der Waals surface area contributed by atoms with E-state index < -0.39 is 41.9 Å². The molecule has 0 bridgehead atoms. The van der Waals surface area contributed by atoms with E-state index in [1.807, 2.05) is 11.8 Å². The standard InChI is InChI=1S/C54H67IN12O10/c1-4-22-65(25-20-55)52(74)37-26-35-13-14-36(28-43(35)62-44(56)29-37)49(71)61-40-27-38-31-66(24-19-41(38)59-30-40)54(76)77-32-34-11-15-39(16-12-34)60-50(72)42(9-8-21-58-53(57)75)63-51(73)48(33(2)3)64-45(68)10-6-5-7-23-67-46(69)17-18-47(67)70/h11-18,26-28,30,33,42,48H,4-10,19-25,29,31-32H2,1-3H3,(H2,56,62)(H,60,72)(H,61,71)(H,63,73)(H,64,68)(H3,57,58,75). The summed E-state index contributed by atoms with van der Waals surface area (Å²) in [5.74, 6) is -2.77. The van der Waals surface area contributed by atoms with Gasteiger partial charge in [0.05, 0.1) is 24.1 Å². The fourth-order valence-corrected chi connectivity index (χ4v) is 9.36. The van der Waals surface area contributed by atoms with Crippen LogP contribution in [0.1, 0.15) is 105 Å². The molecule has 0 saturated heterocycles. The molecular formula is C54H67IN12O10. The Bertz CT molecular complexity index is 2780. The number of nitrogens with two attached hydrogens (primary N) is 2. The van der Waals surface area contributed by atoms with Crippen LogP contribution >= 0.6 is 22.6 Å². The lowest BCUT2D eigenvalue weighted by molar-refractivity contribution is -0.137. The van der Waals surface area contributed by atoms with E-state index in [1.165, 1.54) is 12.2 Å². The summed E-state index contributed by atoms with van der Waals surface area (Å²) in [4.78, 5) is 129. The molecule has 0 radical (unpaired) electrons. The van der Waals surface area contributed by atoms with Gasteiger partial charge >= 0.3 is 12.1 Å². The fourth-order valence-electron chi connectivity index (χ4n) is 8.78. The molecule has 0 fully saturated rings. The number of ether oxygens (including phenoxy) is 1. The molecule has 77 heavy (non-hydrogen) atoms. The Morgan fingerprint density at radius 1 is 0.883 bits per heavy atom. The predicted octanol–water partition coefficient (Wildman–Crippen LogP) is 4.98. The Kier molecular flexibility index (Phi) is 21.6. The van der Waals surface area contributed by atoms with Crippen LogP contribution in [0.15, 0.2) is 77.4 Å². The SMILES string of the molecule is CCCN(CCI)C(=O)C1=Cc2ccc(C(=O)Nc3cnc4c(c3)CN(C(=O)OCc3ccc(NC(=O)C(CCCNC(N)=O)NC(=O)C(NC(=O)CCCCCN5C(=O)C=CC5=O)C(C)C)cc3)CC4)cc2N=C(N)C1. The van der Waals surface area contributed by atoms with Crippen LogP contribution in [0.2, 0.25) is 0 Å². The summed E-state index contributed by atoms with van der Waals surface area (Å²) in [7, 11) is 0. The first-order chi connectivity index (χ1) is 36.9. The van der Waals surface area contributed by atoms with E-state index in [0.29, 0.717) is 84.6 Å². The minimum Gasteiger partial charge on any atom is -0.445 e. The summed E-state index contributed by atoms with van der Waals surface area (Å²) < 4.78 is 6.48. The van der Waals surface area contributed by atoms with Gasteiger partial charge in [0.15, 0.2) is 0 Å². The first kappa shape index (κ1) is 58.6. The quantitative estimate of drug-likeness (QED) is 0.0256. The number of primary amides is 1. The zero-order valence-corrected chi connectivity index (χ0v) is 45.7. The highest BCUT2D eigenvalue weighted by Gasteiger charge is 2.30. The number of fused-ring (bicyclic) bond motifs is 2. The number of amidine groups is 1. The van der Waals surface area contributed by atoms with Crippen molar-refractivity contribution in [2.24, 2.45) is 22.4 Å². The number of carbonyl (C=O) groups is 9. The number of nitrogens with one attached hydrogen (secondary N) is 5. The van der Waals surface area contributed by atoms with Crippen LogP contribution in [0, 0.1) is 5.92 Å². The number of aliphatic imine (C=N–C) groups is 1. The highest BCUT2D eigenvalue weighted by atomic mass is 127. The molecular weight excluding hydrogens is 1100 g/mol. The van der Waals surface area contributed by atoms with Crippen molar-refractivity contribution >= 4 is 105 Å². The van der Waals surface area contributed by atoms with Crippen molar-refractivity contribution in [3.8, 4) is 0 Å². The zero-order valence-electron chi connectivity index (χ0n) is 43.5. The van der Waals surface area contributed by atoms with Crippen LogP contribution in [0.3, 0.4) is 0 Å². The second-order valence-corrected chi connectivity index (χ2v) is 20.2. The van der Waals surface area contributed by atoms with Gasteiger partial charge in [-0.15, -0.1) is 0 Å². The van der Waals surface area contributed by atoms with Crippen LogP contribution in [0.5, 0.6) is 0 Å². The second kappa shape index (κ2) is 28.4. The number of nitrogens with zero attached hydrogens (tertiary/aromatic N) is 5. The summed E-state index contributed by atoms with van der Waals surface area (Å²) >= 11 is 2.25. The molecule has 2 atom stereocenters. The number of rotatable bonds is 25. The van der Waals surface area contributed by atoms with Crippen LogP contribution in [-0.4, -0.2) is 128 Å². The molecule has 9 N–H and O–H groups in total. The third kappa shape index (κ3) is 17.2. The number of pyridine rings is 1. The maximum atomic E-state index is 13.7. The summed E-state index contributed by atoms with van der Waals surface area (Å²) in [6.07, 6.45) is 8.82. The molecule has 6 rings (SSSR count). The number of urea groups is 1. The molecule has 3 aromatic rings. The fraction of sp³-hybridized carbons (Fsp3) is 0.426. The van der Waals surface area contributed by atoms with E-state index in [0.717, 1.165) is 27.0 Å². The number of hydrogen-bond acceptors (Lipinski definition) is 13. The predicted molar refractivity (Wildman–Crippen MR) is 297 cm³/mol. The molecule has 22 nitrogen and oxygen atoms in total. The average molecular weight is 1170 g/mol. The topological polar surface area (TPSA) is 310 Å². The number of amides is 10. The molecule has 23 heteroatoms. The lowest BCUT2D eigenvalue weighted by Gasteiger charge is -2.28. The zero-order chi connectivity index (χ0) is 55.6. The number of alkyl halides is 1. The largest absolute Gasteiger partial charge is 0.445 e. The minimum absolute atomic E-state index is 0.0727. The van der Waals surface area contributed by atoms with Crippen molar-refractivity contribution in [3.05, 3.63) is 100 Å². The van der Waals surface area contributed by atoms with Gasteiger partial charge in [-0.2, -0.15) is 0 Å². The highest BCUT2D eigenvalue weighted by Crippen LogP contribution is 2.30. The first-order valence-corrected chi connectivity index (χ1v) is 27.3. The molecule has 2 unspecified atom stereocenters. The third-order valence-electron chi connectivity index (χ3n) is 12.9. The maximum absolute atomic E-state index is 13.7. The third-order valence-corrected chi connectivity index (χ3v) is 13.3. The van der Waals surface area contributed by atoms with Gasteiger partial charge in [-0.05, 0) is 85.6 Å². The highest BCUT2D eigenvalue weighted by molar-refractivity contribution is 14.1. The van der Waals surface area contributed by atoms with Crippen molar-refractivity contribution in [3.63, 3.8) is 0 Å². The number of benzene rings is 2. The average Bonchev–Trinajstić information content (AvgIpc) is 3.61. The Morgan fingerprint density at radius 3 is 2.34 bits per heavy atom. The van der Waals surface area contributed by atoms with E-state index in [-0.39, 0.29) is 87.3 Å². The van der Waals surface area contributed by atoms with Crippen molar-refractivity contribution in [1.29, 1.82) is 0 Å². The normalized spacial score (nSPS) is 14.5. The maximum Gasteiger partial charge on any atom is 0.410 e. The molecule has 4 heterocycles. The monoisotopic (exact) mass is 1170 g/mol. The Labute approximate surface area is 460 Å². The van der Waals surface area contributed by atoms with E-state index in [9.17, 15) is 43.2 Å². The van der Waals surface area contributed by atoms with Crippen LogP contribution < -0.4 is 38.1 Å². The number of unbranched alkanes of at least 4 members (excludes halogenated alkanes) is 2. The van der Waals surface area contributed by atoms with Gasteiger partial charge in [-0.1, -0.05) is 68.0 Å². The van der Waals surface area contributed by atoms with Gasteiger partial charge < -0.3 is 52.6 Å². The lowest BCUT2D eigenvalue weighted by Crippen LogP contribution is -2.54. The van der Waals surface area contributed by atoms with Crippen molar-refractivity contribution in [2.45, 2.75) is 104 Å². The Morgan fingerprint density at radius 2 is 1.64 bits per heavy atom. The molecule has 410 valence electrons. The second-order valence-electron chi connectivity index (χ2n) is 19.2. The molecule has 2 aromatic carbocycles. The van der Waals surface area contributed by atoms with Gasteiger partial charge in [0, 0.05) is 96.6 Å². The molecule has 3 aliphatic heterocycles. The number of hydrogen-bond donors (Lipinski definition) is 7. The van der Waals surface area contributed by atoms with Crippen LogP contribution in [0.25, 0.3) is 6.08 Å². The molecule has 10 amide bonds. The lowest BCUT2D eigenvalue weighted by atomic mass is 10.0. The van der Waals surface area contributed by atoms with E-state index in [4.69, 9.17) is 16.2 Å². The van der Waals surface area contributed by atoms with Crippen molar-refractivity contribution < 1.29 is 47.9 Å².